The second-order valence-electron chi connectivity index (χ2n) is 5.84. The van der Waals surface area contributed by atoms with Crippen molar-refractivity contribution in [1.29, 1.82) is 0 Å². The molecule has 1 aromatic rings. The Labute approximate surface area is 157 Å². The summed E-state index contributed by atoms with van der Waals surface area (Å²) in [7, 11) is 2.17. The van der Waals surface area contributed by atoms with Gasteiger partial charge in [-0.1, -0.05) is 24.0 Å². The molecule has 0 aliphatic carbocycles. The van der Waals surface area contributed by atoms with Gasteiger partial charge in [-0.15, -0.1) is 0 Å². The van der Waals surface area contributed by atoms with Crippen LogP contribution in [-0.4, -0.2) is 66.7 Å². The minimum Gasteiger partial charge on any atom is -0.462 e. The van der Waals surface area contributed by atoms with E-state index in [9.17, 15) is 9.59 Å². The van der Waals surface area contributed by atoms with Crippen molar-refractivity contribution in [2.24, 2.45) is 0 Å². The van der Waals surface area contributed by atoms with Gasteiger partial charge in [0.1, 0.15) is 4.32 Å². The number of nitrogens with one attached hydrogen (secondary N) is 2. The van der Waals surface area contributed by atoms with E-state index < -0.39 is 0 Å². The lowest BCUT2D eigenvalue weighted by Crippen LogP contribution is -3.12. The van der Waals surface area contributed by atoms with Gasteiger partial charge in [0, 0.05) is 5.69 Å². The lowest BCUT2D eigenvalue weighted by Gasteiger charge is -2.31. The quantitative estimate of drug-likeness (QED) is 0.576. The van der Waals surface area contributed by atoms with Crippen LogP contribution >= 0.6 is 24.0 Å². The molecular formula is C17H24N3O3S2+. The number of hydrogen-bond acceptors (Lipinski definition) is 5. The second kappa shape index (κ2) is 9.74. The van der Waals surface area contributed by atoms with Crippen LogP contribution in [0.1, 0.15) is 17.3 Å². The molecule has 2 N–H and O–H groups in total. The maximum atomic E-state index is 12.1. The van der Waals surface area contributed by atoms with Crippen LogP contribution in [0.2, 0.25) is 0 Å². The molecule has 1 heterocycles. The number of piperazine rings is 1. The average Bonchev–Trinajstić information content (AvgIpc) is 2.61. The van der Waals surface area contributed by atoms with Gasteiger partial charge in [0.15, 0.2) is 0 Å². The number of carbonyl (C=O) groups excluding carboxylic acids is 2. The molecule has 0 bridgehead atoms. The van der Waals surface area contributed by atoms with Crippen LogP contribution < -0.4 is 10.2 Å². The summed E-state index contributed by atoms with van der Waals surface area (Å²) < 4.78 is 5.71. The van der Waals surface area contributed by atoms with Crippen LogP contribution in [0.25, 0.3) is 0 Å². The van der Waals surface area contributed by atoms with Gasteiger partial charge in [-0.05, 0) is 31.2 Å². The number of esters is 1. The van der Waals surface area contributed by atoms with E-state index in [1.165, 1.54) is 16.7 Å². The summed E-state index contributed by atoms with van der Waals surface area (Å²) >= 11 is 6.80. The zero-order valence-electron chi connectivity index (χ0n) is 14.5. The third-order valence-electron chi connectivity index (χ3n) is 3.88. The fourth-order valence-corrected chi connectivity index (χ4v) is 3.44. The molecule has 25 heavy (non-hydrogen) atoms. The molecule has 2 rings (SSSR count). The van der Waals surface area contributed by atoms with Crippen LogP contribution in [0.5, 0.6) is 0 Å². The summed E-state index contributed by atoms with van der Waals surface area (Å²) in [5.74, 6) is -0.205. The number of rotatable bonds is 5. The smallest absolute Gasteiger partial charge is 0.338 e. The van der Waals surface area contributed by atoms with Gasteiger partial charge in [0.05, 0.1) is 51.1 Å². The third kappa shape index (κ3) is 6.30. The predicted octanol–water partition coefficient (Wildman–Crippen LogP) is 0.650. The topological polar surface area (TPSA) is 63.1 Å². The first-order chi connectivity index (χ1) is 12.0. The van der Waals surface area contributed by atoms with Crippen LogP contribution in [0.4, 0.5) is 5.69 Å². The normalized spacial score (nSPS) is 14.9. The molecule has 1 aliphatic heterocycles. The van der Waals surface area contributed by atoms with Crippen LogP contribution in [-0.2, 0) is 9.53 Å². The SMILES string of the molecule is CCOC(=O)c1ccc(NC(=O)CSC(=S)N2CC[NH+](C)CC2)cc1. The van der Waals surface area contributed by atoms with Crippen molar-refractivity contribution < 1.29 is 19.2 Å². The monoisotopic (exact) mass is 382 g/mol. The fraction of sp³-hybridized carbons (Fsp3) is 0.471. The summed E-state index contributed by atoms with van der Waals surface area (Å²) in [5.41, 5.74) is 1.11. The summed E-state index contributed by atoms with van der Waals surface area (Å²) in [5, 5.41) is 2.81. The molecule has 0 atom stereocenters. The molecule has 1 aromatic carbocycles. The Kier molecular flexibility index (Phi) is 7.67. The summed E-state index contributed by atoms with van der Waals surface area (Å²) in [4.78, 5) is 27.3. The van der Waals surface area contributed by atoms with E-state index in [0.717, 1.165) is 30.5 Å². The van der Waals surface area contributed by atoms with Gasteiger partial charge in [-0.25, -0.2) is 4.79 Å². The molecule has 0 spiro atoms. The fourth-order valence-electron chi connectivity index (χ4n) is 2.39. The molecule has 1 aliphatic rings. The van der Waals surface area contributed by atoms with Crippen molar-refractivity contribution in [3.63, 3.8) is 0 Å². The number of quaternary nitrogens is 1. The Morgan fingerprint density at radius 2 is 1.92 bits per heavy atom. The van der Waals surface area contributed by atoms with E-state index in [1.54, 1.807) is 31.2 Å². The number of benzene rings is 1. The van der Waals surface area contributed by atoms with Gasteiger partial charge >= 0.3 is 5.97 Å². The second-order valence-corrected chi connectivity index (χ2v) is 7.45. The molecule has 0 aromatic heterocycles. The standard InChI is InChI=1S/C17H23N3O3S2/c1-3-23-16(22)13-4-6-14(7-5-13)18-15(21)12-25-17(24)20-10-8-19(2)9-11-20/h4-7H,3,8-12H2,1-2H3,(H,18,21)/p+1. The van der Waals surface area contributed by atoms with Crippen molar-refractivity contribution in [3.8, 4) is 0 Å². The molecule has 1 amide bonds. The number of amides is 1. The maximum Gasteiger partial charge on any atom is 0.338 e. The first-order valence-corrected chi connectivity index (χ1v) is 9.69. The number of hydrogen-bond donors (Lipinski definition) is 2. The Morgan fingerprint density at radius 3 is 2.52 bits per heavy atom. The van der Waals surface area contributed by atoms with Crippen molar-refractivity contribution in [2.45, 2.75) is 6.92 Å². The maximum absolute atomic E-state index is 12.1. The molecule has 0 radical (unpaired) electrons. The summed E-state index contributed by atoms with van der Waals surface area (Å²) in [6, 6.07) is 6.66. The zero-order valence-corrected chi connectivity index (χ0v) is 16.2. The number of thiocarbonyl (C=S) groups is 1. The Hall–Kier alpha value is -1.64. The van der Waals surface area contributed by atoms with Crippen LogP contribution in [0.3, 0.4) is 0 Å². The molecule has 0 saturated carbocycles. The van der Waals surface area contributed by atoms with Crippen molar-refractivity contribution >= 4 is 45.9 Å². The number of thioether (sulfide) groups is 1. The highest BCUT2D eigenvalue weighted by Crippen LogP contribution is 2.13. The predicted molar refractivity (Wildman–Crippen MR) is 104 cm³/mol. The summed E-state index contributed by atoms with van der Waals surface area (Å²) in [6.07, 6.45) is 0. The molecule has 6 nitrogen and oxygen atoms in total. The van der Waals surface area contributed by atoms with E-state index in [0.29, 0.717) is 17.9 Å². The molecular weight excluding hydrogens is 358 g/mol. The third-order valence-corrected chi connectivity index (χ3v) is 5.41. The highest BCUT2D eigenvalue weighted by molar-refractivity contribution is 8.23. The molecule has 0 unspecified atom stereocenters. The highest BCUT2D eigenvalue weighted by atomic mass is 32.2. The zero-order chi connectivity index (χ0) is 18.2. The lowest BCUT2D eigenvalue weighted by atomic mass is 10.2. The van der Waals surface area contributed by atoms with Crippen molar-refractivity contribution in [2.75, 3.05) is 50.9 Å². The van der Waals surface area contributed by atoms with Gasteiger partial charge in [0.2, 0.25) is 5.91 Å². The molecule has 1 fully saturated rings. The van der Waals surface area contributed by atoms with Crippen LogP contribution in [0.15, 0.2) is 24.3 Å². The van der Waals surface area contributed by atoms with Gasteiger partial charge in [0.25, 0.3) is 0 Å². The molecule has 8 heteroatoms. The van der Waals surface area contributed by atoms with E-state index in [2.05, 4.69) is 17.3 Å². The summed E-state index contributed by atoms with van der Waals surface area (Å²) in [6.45, 7) is 6.11. The van der Waals surface area contributed by atoms with Crippen molar-refractivity contribution in [1.82, 2.24) is 4.90 Å². The number of anilines is 1. The minimum atomic E-state index is -0.365. The largest absolute Gasteiger partial charge is 0.462 e. The van der Waals surface area contributed by atoms with Crippen molar-refractivity contribution in [3.05, 3.63) is 29.8 Å². The van der Waals surface area contributed by atoms with E-state index in [1.807, 2.05) is 0 Å². The molecule has 136 valence electrons. The van der Waals surface area contributed by atoms with E-state index in [4.69, 9.17) is 17.0 Å². The lowest BCUT2D eigenvalue weighted by molar-refractivity contribution is -0.883. The average molecular weight is 383 g/mol. The molecule has 1 saturated heterocycles. The number of ether oxygens (including phenoxy) is 1. The van der Waals surface area contributed by atoms with Gasteiger partial charge in [-0.2, -0.15) is 0 Å². The number of nitrogens with zero attached hydrogens (tertiary/aromatic N) is 1. The van der Waals surface area contributed by atoms with E-state index in [-0.39, 0.29) is 17.6 Å². The van der Waals surface area contributed by atoms with Gasteiger partial charge < -0.3 is 19.9 Å². The van der Waals surface area contributed by atoms with Crippen LogP contribution in [0, 0.1) is 0 Å². The van der Waals surface area contributed by atoms with E-state index >= 15 is 0 Å². The number of likely N-dealkylation sites (N-methyl/N-ethyl adjacent to an activating group) is 1. The Morgan fingerprint density at radius 1 is 1.28 bits per heavy atom. The Bertz CT molecular complexity index is 614. The highest BCUT2D eigenvalue weighted by Gasteiger charge is 2.19. The van der Waals surface area contributed by atoms with Gasteiger partial charge in [-0.3, -0.25) is 4.79 Å². The Balaban J connectivity index is 1.76. The number of carbonyl (C=O) groups is 2. The first kappa shape index (κ1) is 19.7. The minimum absolute atomic E-state index is 0.115. The first-order valence-electron chi connectivity index (χ1n) is 8.29.